The van der Waals surface area contributed by atoms with Crippen molar-refractivity contribution < 1.29 is 5.11 Å². The molecule has 1 aromatic carbocycles. The molecule has 22 heavy (non-hydrogen) atoms. The average Bonchev–Trinajstić information content (AvgIpc) is 3.12. The Morgan fingerprint density at radius 1 is 1.27 bits per heavy atom. The van der Waals surface area contributed by atoms with Crippen LogP contribution in [0.4, 0.5) is 0 Å². The van der Waals surface area contributed by atoms with E-state index in [1.54, 1.807) is 0 Å². The number of aliphatic hydroxyl groups excluding tert-OH is 1. The van der Waals surface area contributed by atoms with Gasteiger partial charge in [0.25, 0.3) is 0 Å². The highest BCUT2D eigenvalue weighted by atomic mass is 35.5. The van der Waals surface area contributed by atoms with E-state index in [9.17, 15) is 5.11 Å². The fourth-order valence-corrected chi connectivity index (χ4v) is 4.47. The molecule has 0 bridgehead atoms. The van der Waals surface area contributed by atoms with Crippen LogP contribution in [0.3, 0.4) is 0 Å². The Labute approximate surface area is 135 Å². The van der Waals surface area contributed by atoms with Gasteiger partial charge in [0.15, 0.2) is 0 Å². The molecule has 2 aromatic rings. The van der Waals surface area contributed by atoms with Crippen LogP contribution in [-0.2, 0) is 0 Å². The zero-order valence-electron chi connectivity index (χ0n) is 12.6. The van der Waals surface area contributed by atoms with Gasteiger partial charge in [-0.1, -0.05) is 43.0 Å². The second kappa shape index (κ2) is 5.71. The molecule has 1 N–H and O–H groups in total. The summed E-state index contributed by atoms with van der Waals surface area (Å²) >= 11 is 6.47. The van der Waals surface area contributed by atoms with Gasteiger partial charge in [-0.3, -0.25) is 0 Å². The molecule has 4 heteroatoms. The Morgan fingerprint density at radius 3 is 2.91 bits per heavy atom. The van der Waals surface area contributed by atoms with Crippen LogP contribution in [0.2, 0.25) is 5.02 Å². The van der Waals surface area contributed by atoms with Gasteiger partial charge in [0.05, 0.1) is 30.4 Å². The van der Waals surface area contributed by atoms with Crippen LogP contribution in [0.25, 0.3) is 11.3 Å². The van der Waals surface area contributed by atoms with Gasteiger partial charge in [-0.25, -0.2) is 4.98 Å². The summed E-state index contributed by atoms with van der Waals surface area (Å²) in [5.41, 5.74) is 3.42. The third kappa shape index (κ3) is 2.27. The zero-order chi connectivity index (χ0) is 15.1. The molecule has 116 valence electrons. The van der Waals surface area contributed by atoms with Gasteiger partial charge in [0.1, 0.15) is 0 Å². The van der Waals surface area contributed by atoms with Crippen LogP contribution in [0.5, 0.6) is 0 Å². The van der Waals surface area contributed by atoms with Gasteiger partial charge in [0, 0.05) is 16.1 Å². The minimum Gasteiger partial charge on any atom is -0.393 e. The summed E-state index contributed by atoms with van der Waals surface area (Å²) in [7, 11) is 0. The van der Waals surface area contributed by atoms with E-state index in [4.69, 9.17) is 11.6 Å². The SMILES string of the molecule is O[C@H](C[C@@H]1c2c(Cl)cccc2-c2cncn21)C1CCCCC1. The van der Waals surface area contributed by atoms with Crippen molar-refractivity contribution in [3.8, 4) is 11.3 Å². The number of fused-ring (bicyclic) bond motifs is 3. The normalized spacial score (nSPS) is 22.4. The van der Waals surface area contributed by atoms with Crippen molar-refractivity contribution in [2.45, 2.75) is 50.7 Å². The number of imidazole rings is 1. The second-order valence-corrected chi connectivity index (χ2v) is 7.01. The number of hydrogen-bond acceptors (Lipinski definition) is 2. The fourth-order valence-electron chi connectivity index (χ4n) is 4.17. The summed E-state index contributed by atoms with van der Waals surface area (Å²) in [5.74, 6) is 0.437. The second-order valence-electron chi connectivity index (χ2n) is 6.60. The maximum Gasteiger partial charge on any atom is 0.0956 e. The van der Waals surface area contributed by atoms with E-state index in [1.165, 1.54) is 19.3 Å². The molecule has 4 rings (SSSR count). The van der Waals surface area contributed by atoms with Gasteiger partial charge in [-0.05, 0) is 31.2 Å². The highest BCUT2D eigenvalue weighted by Gasteiger charge is 2.34. The molecule has 2 atom stereocenters. The first-order chi connectivity index (χ1) is 10.8. The molecule has 0 saturated heterocycles. The number of hydrogen-bond donors (Lipinski definition) is 1. The molecule has 1 fully saturated rings. The van der Waals surface area contributed by atoms with Crippen LogP contribution < -0.4 is 0 Å². The number of nitrogens with zero attached hydrogens (tertiary/aromatic N) is 2. The minimum atomic E-state index is -0.261. The maximum absolute atomic E-state index is 10.7. The van der Waals surface area contributed by atoms with Crippen molar-refractivity contribution in [2.75, 3.05) is 0 Å². The summed E-state index contributed by atoms with van der Waals surface area (Å²) in [6.07, 6.45) is 10.3. The van der Waals surface area contributed by atoms with E-state index < -0.39 is 0 Å². The van der Waals surface area contributed by atoms with E-state index in [2.05, 4.69) is 15.6 Å². The summed E-state index contributed by atoms with van der Waals surface area (Å²) in [6, 6.07) is 6.14. The Balaban J connectivity index is 1.65. The van der Waals surface area contributed by atoms with Gasteiger partial charge < -0.3 is 9.67 Å². The largest absolute Gasteiger partial charge is 0.393 e. The standard InChI is InChI=1S/C18H21ClN2O/c19-14-8-4-7-13-16-10-20-11-21(16)15(18(13)14)9-17(22)12-5-2-1-3-6-12/h4,7-8,10-12,15,17,22H,1-3,5-6,9H2/t15-,17-/m1/s1. The van der Waals surface area contributed by atoms with Crippen LogP contribution in [0.1, 0.15) is 50.1 Å². The molecule has 2 aliphatic rings. The molecule has 0 amide bonds. The number of aromatic nitrogens is 2. The smallest absolute Gasteiger partial charge is 0.0956 e. The van der Waals surface area contributed by atoms with Gasteiger partial charge in [-0.15, -0.1) is 0 Å². The van der Waals surface area contributed by atoms with Crippen LogP contribution in [0.15, 0.2) is 30.7 Å². The van der Waals surface area contributed by atoms with E-state index in [1.807, 2.05) is 24.7 Å². The first kappa shape index (κ1) is 14.3. The number of aliphatic hydroxyl groups is 1. The van der Waals surface area contributed by atoms with E-state index in [0.717, 1.165) is 41.1 Å². The highest BCUT2D eigenvalue weighted by Crippen LogP contribution is 2.45. The lowest BCUT2D eigenvalue weighted by atomic mass is 9.82. The maximum atomic E-state index is 10.7. The van der Waals surface area contributed by atoms with Crippen LogP contribution in [0, 0.1) is 5.92 Å². The molecule has 0 radical (unpaired) electrons. The quantitative estimate of drug-likeness (QED) is 0.909. The Morgan fingerprint density at radius 2 is 2.09 bits per heavy atom. The van der Waals surface area contributed by atoms with E-state index >= 15 is 0 Å². The lowest BCUT2D eigenvalue weighted by Crippen LogP contribution is -2.26. The van der Waals surface area contributed by atoms with Crippen molar-refractivity contribution in [2.24, 2.45) is 5.92 Å². The number of rotatable bonds is 3. The first-order valence-corrected chi connectivity index (χ1v) is 8.62. The molecule has 1 saturated carbocycles. The first-order valence-electron chi connectivity index (χ1n) is 8.24. The Kier molecular flexibility index (Phi) is 3.71. The molecule has 3 nitrogen and oxygen atoms in total. The molecule has 1 aliphatic heterocycles. The van der Waals surface area contributed by atoms with Crippen molar-refractivity contribution in [1.29, 1.82) is 0 Å². The van der Waals surface area contributed by atoms with Crippen molar-refractivity contribution in [3.63, 3.8) is 0 Å². The molecular formula is C18H21ClN2O. The predicted molar refractivity (Wildman–Crippen MR) is 88.0 cm³/mol. The average molecular weight is 317 g/mol. The molecule has 0 unspecified atom stereocenters. The van der Waals surface area contributed by atoms with Crippen molar-refractivity contribution >= 4 is 11.6 Å². The third-order valence-corrected chi connectivity index (χ3v) is 5.65. The zero-order valence-corrected chi connectivity index (χ0v) is 13.3. The number of halogens is 1. The summed E-state index contributed by atoms with van der Waals surface area (Å²) in [6.45, 7) is 0. The van der Waals surface area contributed by atoms with Gasteiger partial charge in [-0.2, -0.15) is 0 Å². The van der Waals surface area contributed by atoms with Crippen LogP contribution in [-0.4, -0.2) is 20.8 Å². The van der Waals surface area contributed by atoms with E-state index in [-0.39, 0.29) is 12.1 Å². The van der Waals surface area contributed by atoms with Gasteiger partial charge in [0.2, 0.25) is 0 Å². The van der Waals surface area contributed by atoms with Gasteiger partial charge >= 0.3 is 0 Å². The highest BCUT2D eigenvalue weighted by molar-refractivity contribution is 6.32. The Bertz CT molecular complexity index is 675. The minimum absolute atomic E-state index is 0.109. The summed E-state index contributed by atoms with van der Waals surface area (Å²) in [5, 5.41) is 11.5. The van der Waals surface area contributed by atoms with Crippen molar-refractivity contribution in [1.82, 2.24) is 9.55 Å². The Hall–Kier alpha value is -1.32. The van der Waals surface area contributed by atoms with E-state index in [0.29, 0.717) is 5.92 Å². The molecule has 2 heterocycles. The van der Waals surface area contributed by atoms with Crippen molar-refractivity contribution in [3.05, 3.63) is 41.3 Å². The monoisotopic (exact) mass is 316 g/mol. The fraction of sp³-hybridized carbons (Fsp3) is 0.500. The van der Waals surface area contributed by atoms with Crippen LogP contribution >= 0.6 is 11.6 Å². The molecule has 0 spiro atoms. The lowest BCUT2D eigenvalue weighted by molar-refractivity contribution is 0.0687. The summed E-state index contributed by atoms with van der Waals surface area (Å²) < 4.78 is 2.17. The molecular weight excluding hydrogens is 296 g/mol. The number of benzene rings is 1. The topological polar surface area (TPSA) is 38.1 Å². The lowest BCUT2D eigenvalue weighted by Gasteiger charge is -2.29. The third-order valence-electron chi connectivity index (χ3n) is 5.32. The molecule has 1 aromatic heterocycles. The summed E-state index contributed by atoms with van der Waals surface area (Å²) in [4.78, 5) is 4.28. The predicted octanol–water partition coefficient (Wildman–Crippen LogP) is 4.44. The molecule has 1 aliphatic carbocycles.